The van der Waals surface area contributed by atoms with Gasteiger partial charge in [-0.1, -0.05) is 30.3 Å². The van der Waals surface area contributed by atoms with Crippen LogP contribution in [0.5, 0.6) is 0 Å². The lowest BCUT2D eigenvalue weighted by Gasteiger charge is -2.27. The lowest BCUT2D eigenvalue weighted by Crippen LogP contribution is -2.41. The summed E-state index contributed by atoms with van der Waals surface area (Å²) >= 11 is 1.95. The van der Waals surface area contributed by atoms with Crippen molar-refractivity contribution in [1.82, 2.24) is 0 Å². The number of hydrogen-bond acceptors (Lipinski definition) is 3. The molecule has 1 aliphatic rings. The molecule has 88 valence electrons. The number of hydrogen-bond donors (Lipinski definition) is 1. The second-order valence-corrected chi connectivity index (χ2v) is 5.32. The Labute approximate surface area is 102 Å². The predicted octanol–water partition coefficient (Wildman–Crippen LogP) is 2.08. The fraction of sp³-hybridized carbons (Fsp3) is 0.538. The van der Waals surface area contributed by atoms with Gasteiger partial charge in [0.15, 0.2) is 0 Å². The van der Waals surface area contributed by atoms with Crippen LogP contribution in [0.25, 0.3) is 0 Å². The minimum Gasteiger partial charge on any atom is -0.375 e. The highest BCUT2D eigenvalue weighted by Crippen LogP contribution is 2.17. The first-order valence-electron chi connectivity index (χ1n) is 5.85. The highest BCUT2D eigenvalue weighted by Gasteiger charge is 2.21. The van der Waals surface area contributed by atoms with Crippen LogP contribution in [0.4, 0.5) is 0 Å². The number of nitrogens with two attached hydrogens (primary N) is 1. The van der Waals surface area contributed by atoms with Gasteiger partial charge < -0.3 is 10.5 Å². The smallest absolute Gasteiger partial charge is 0.0816 e. The largest absolute Gasteiger partial charge is 0.375 e. The molecule has 0 radical (unpaired) electrons. The molecule has 1 fully saturated rings. The zero-order chi connectivity index (χ0) is 11.2. The summed E-state index contributed by atoms with van der Waals surface area (Å²) in [5, 5.41) is 0. The van der Waals surface area contributed by atoms with Gasteiger partial charge in [-0.15, -0.1) is 0 Å². The highest BCUT2D eigenvalue weighted by molar-refractivity contribution is 7.99. The Kier molecular flexibility index (Phi) is 4.69. The van der Waals surface area contributed by atoms with Crippen molar-refractivity contribution in [2.24, 2.45) is 5.73 Å². The maximum absolute atomic E-state index is 6.16. The van der Waals surface area contributed by atoms with Crippen molar-refractivity contribution >= 4 is 11.8 Å². The minimum atomic E-state index is 0.174. The summed E-state index contributed by atoms with van der Waals surface area (Å²) in [7, 11) is 0. The maximum atomic E-state index is 6.16. The monoisotopic (exact) mass is 237 g/mol. The van der Waals surface area contributed by atoms with Gasteiger partial charge in [0.1, 0.15) is 0 Å². The molecular weight excluding hydrogens is 218 g/mol. The molecule has 1 aromatic rings. The van der Waals surface area contributed by atoms with Gasteiger partial charge in [-0.05, 0) is 18.4 Å². The second-order valence-electron chi connectivity index (χ2n) is 4.17. The zero-order valence-corrected chi connectivity index (χ0v) is 10.3. The van der Waals surface area contributed by atoms with Crippen LogP contribution in [0.3, 0.4) is 0 Å². The third kappa shape index (κ3) is 3.51. The molecule has 0 spiro atoms. The van der Waals surface area contributed by atoms with Crippen molar-refractivity contribution < 1.29 is 4.74 Å². The standard InChI is InChI=1S/C13H19NOS/c14-12(13-10-16-9-8-15-13)7-6-11-4-2-1-3-5-11/h1-5,12-13H,6-10,14H2. The normalized spacial score (nSPS) is 22.9. The molecule has 2 N–H and O–H groups in total. The van der Waals surface area contributed by atoms with E-state index in [0.717, 1.165) is 31.0 Å². The van der Waals surface area contributed by atoms with E-state index < -0.39 is 0 Å². The molecule has 2 atom stereocenters. The Morgan fingerprint density at radius 2 is 2.19 bits per heavy atom. The van der Waals surface area contributed by atoms with E-state index in [2.05, 4.69) is 24.3 Å². The van der Waals surface area contributed by atoms with Crippen molar-refractivity contribution in [3.63, 3.8) is 0 Å². The van der Waals surface area contributed by atoms with Crippen LogP contribution in [0.15, 0.2) is 30.3 Å². The molecule has 16 heavy (non-hydrogen) atoms. The Morgan fingerprint density at radius 1 is 1.38 bits per heavy atom. The van der Waals surface area contributed by atoms with E-state index in [-0.39, 0.29) is 12.1 Å². The highest BCUT2D eigenvalue weighted by atomic mass is 32.2. The fourth-order valence-electron chi connectivity index (χ4n) is 1.92. The van der Waals surface area contributed by atoms with Crippen molar-refractivity contribution in [2.75, 3.05) is 18.1 Å². The van der Waals surface area contributed by atoms with Gasteiger partial charge in [0, 0.05) is 17.5 Å². The summed E-state index contributed by atoms with van der Waals surface area (Å²) < 4.78 is 5.68. The summed E-state index contributed by atoms with van der Waals surface area (Å²) in [5.74, 6) is 2.16. The summed E-state index contributed by atoms with van der Waals surface area (Å²) in [5.41, 5.74) is 7.52. The summed E-state index contributed by atoms with van der Waals surface area (Å²) in [6.45, 7) is 0.856. The molecule has 0 amide bonds. The van der Waals surface area contributed by atoms with Crippen LogP contribution < -0.4 is 5.73 Å². The molecule has 2 rings (SSSR count). The van der Waals surface area contributed by atoms with E-state index >= 15 is 0 Å². The Morgan fingerprint density at radius 3 is 2.88 bits per heavy atom. The summed E-state index contributed by atoms with van der Waals surface area (Å²) in [6, 6.07) is 10.7. The summed E-state index contributed by atoms with van der Waals surface area (Å²) in [4.78, 5) is 0. The molecule has 1 aliphatic heterocycles. The second kappa shape index (κ2) is 6.28. The van der Waals surface area contributed by atoms with Crippen molar-refractivity contribution in [3.8, 4) is 0 Å². The van der Waals surface area contributed by atoms with Gasteiger partial charge in [-0.3, -0.25) is 0 Å². The molecule has 0 bridgehead atoms. The van der Waals surface area contributed by atoms with Crippen LogP contribution >= 0.6 is 11.8 Å². The van der Waals surface area contributed by atoms with Crippen LogP contribution in [-0.2, 0) is 11.2 Å². The quantitative estimate of drug-likeness (QED) is 0.871. The molecule has 1 aromatic carbocycles. The SMILES string of the molecule is NC(CCc1ccccc1)C1CSCCO1. The number of thioether (sulfide) groups is 1. The van der Waals surface area contributed by atoms with E-state index in [9.17, 15) is 0 Å². The van der Waals surface area contributed by atoms with Crippen molar-refractivity contribution in [2.45, 2.75) is 25.0 Å². The van der Waals surface area contributed by atoms with Gasteiger partial charge >= 0.3 is 0 Å². The van der Waals surface area contributed by atoms with Gasteiger partial charge in [0.25, 0.3) is 0 Å². The first kappa shape index (κ1) is 12.0. The molecule has 0 aliphatic carbocycles. The molecule has 0 aromatic heterocycles. The molecule has 2 nitrogen and oxygen atoms in total. The molecule has 1 heterocycles. The van der Waals surface area contributed by atoms with Crippen molar-refractivity contribution in [1.29, 1.82) is 0 Å². The lowest BCUT2D eigenvalue weighted by molar-refractivity contribution is 0.0552. The average molecular weight is 237 g/mol. The van der Waals surface area contributed by atoms with Gasteiger partial charge in [0.05, 0.1) is 12.7 Å². The number of rotatable bonds is 4. The lowest BCUT2D eigenvalue weighted by atomic mass is 10.0. The van der Waals surface area contributed by atoms with Crippen LogP contribution in [0.1, 0.15) is 12.0 Å². The average Bonchev–Trinajstić information content (AvgIpc) is 2.38. The summed E-state index contributed by atoms with van der Waals surface area (Å²) in [6.07, 6.45) is 2.31. The number of aryl methyl sites for hydroxylation is 1. The Balaban J connectivity index is 1.76. The first-order chi connectivity index (χ1) is 7.86. The van der Waals surface area contributed by atoms with Crippen molar-refractivity contribution in [3.05, 3.63) is 35.9 Å². The first-order valence-corrected chi connectivity index (χ1v) is 7.00. The number of ether oxygens (including phenoxy) is 1. The minimum absolute atomic E-state index is 0.174. The van der Waals surface area contributed by atoms with Crippen LogP contribution in [-0.4, -0.2) is 30.3 Å². The van der Waals surface area contributed by atoms with Crippen LogP contribution in [0.2, 0.25) is 0 Å². The van der Waals surface area contributed by atoms with Gasteiger partial charge in [-0.25, -0.2) is 0 Å². The van der Waals surface area contributed by atoms with E-state index in [1.807, 2.05) is 17.8 Å². The molecule has 3 heteroatoms. The van der Waals surface area contributed by atoms with E-state index in [1.54, 1.807) is 0 Å². The van der Waals surface area contributed by atoms with E-state index in [0.29, 0.717) is 0 Å². The Hall–Kier alpha value is -0.510. The maximum Gasteiger partial charge on any atom is 0.0816 e. The molecular formula is C13H19NOS. The fourth-order valence-corrected chi connectivity index (χ4v) is 2.87. The van der Waals surface area contributed by atoms with Gasteiger partial charge in [-0.2, -0.15) is 11.8 Å². The molecule has 2 unspecified atom stereocenters. The third-order valence-electron chi connectivity index (χ3n) is 2.93. The van der Waals surface area contributed by atoms with Crippen LogP contribution in [0, 0.1) is 0 Å². The van der Waals surface area contributed by atoms with Gasteiger partial charge in [0.2, 0.25) is 0 Å². The zero-order valence-electron chi connectivity index (χ0n) is 9.47. The van der Waals surface area contributed by atoms with E-state index in [1.165, 1.54) is 5.56 Å². The predicted molar refractivity (Wildman–Crippen MR) is 69.8 cm³/mol. The topological polar surface area (TPSA) is 35.2 Å². The molecule has 1 saturated heterocycles. The molecule has 0 saturated carbocycles. The van der Waals surface area contributed by atoms with E-state index in [4.69, 9.17) is 10.5 Å². The number of benzene rings is 1. The third-order valence-corrected chi connectivity index (χ3v) is 3.95. The Bertz CT molecular complexity index is 298.